The van der Waals surface area contributed by atoms with Crippen molar-refractivity contribution in [1.82, 2.24) is 4.90 Å². The molecule has 0 unspecified atom stereocenters. The topological polar surface area (TPSA) is 42.0 Å². The number of carbonyl (C=O) groups excluding carboxylic acids is 1. The molecule has 1 saturated heterocycles. The predicted molar refractivity (Wildman–Crippen MR) is 94.2 cm³/mol. The van der Waals surface area contributed by atoms with Crippen LogP contribution in [0.2, 0.25) is 0 Å². The van der Waals surface area contributed by atoms with Crippen LogP contribution >= 0.6 is 0 Å². The number of para-hydroxylation sites is 2. The van der Waals surface area contributed by atoms with Crippen LogP contribution in [0.1, 0.15) is 10.4 Å². The van der Waals surface area contributed by atoms with E-state index in [4.69, 9.17) is 4.74 Å². The lowest BCUT2D eigenvalue weighted by molar-refractivity contribution is -0.0498. The van der Waals surface area contributed by atoms with Gasteiger partial charge >= 0.3 is 6.61 Å². The van der Waals surface area contributed by atoms with Crippen LogP contribution in [0.25, 0.3) is 0 Å². The van der Waals surface area contributed by atoms with Gasteiger partial charge in [0.25, 0.3) is 5.91 Å². The fourth-order valence-corrected chi connectivity index (χ4v) is 3.00. The zero-order valence-corrected chi connectivity index (χ0v) is 14.4. The summed E-state index contributed by atoms with van der Waals surface area (Å²) in [6, 6.07) is 13.6. The third-order valence-corrected chi connectivity index (χ3v) is 4.32. The van der Waals surface area contributed by atoms with Gasteiger partial charge in [0.2, 0.25) is 0 Å². The SMILES string of the molecule is COc1ccccc1N1CCN(C(=O)c2ccc(OC(F)F)cc2)CC1. The lowest BCUT2D eigenvalue weighted by Gasteiger charge is -2.36. The summed E-state index contributed by atoms with van der Waals surface area (Å²) in [5.74, 6) is 0.729. The number of piperazine rings is 1. The second-order valence-corrected chi connectivity index (χ2v) is 5.85. The Morgan fingerprint density at radius 3 is 2.27 bits per heavy atom. The molecule has 2 aromatic carbocycles. The minimum absolute atomic E-state index is 0.0394. The molecule has 0 spiro atoms. The van der Waals surface area contributed by atoms with Gasteiger partial charge in [0.15, 0.2) is 0 Å². The Hall–Kier alpha value is -2.83. The molecule has 1 aliphatic heterocycles. The molecule has 3 rings (SSSR count). The van der Waals surface area contributed by atoms with E-state index in [0.29, 0.717) is 31.7 Å². The number of methoxy groups -OCH3 is 1. The number of nitrogens with zero attached hydrogens (tertiary/aromatic N) is 2. The summed E-state index contributed by atoms with van der Waals surface area (Å²) in [7, 11) is 1.64. The number of rotatable bonds is 5. The molecule has 5 nitrogen and oxygen atoms in total. The molecule has 1 aliphatic rings. The molecule has 0 aliphatic carbocycles. The van der Waals surface area contributed by atoms with Crippen LogP contribution in [0, 0.1) is 0 Å². The maximum atomic E-state index is 12.6. The van der Waals surface area contributed by atoms with Crippen molar-refractivity contribution in [2.75, 3.05) is 38.2 Å². The summed E-state index contributed by atoms with van der Waals surface area (Å²) < 4.78 is 34.1. The summed E-state index contributed by atoms with van der Waals surface area (Å²) in [4.78, 5) is 16.5. The van der Waals surface area contributed by atoms with E-state index in [9.17, 15) is 13.6 Å². The van der Waals surface area contributed by atoms with Gasteiger partial charge in [-0.25, -0.2) is 0 Å². The van der Waals surface area contributed by atoms with Gasteiger partial charge in [-0.15, -0.1) is 0 Å². The van der Waals surface area contributed by atoms with Crippen molar-refractivity contribution < 1.29 is 23.0 Å². The Morgan fingerprint density at radius 1 is 1.00 bits per heavy atom. The number of carbonyl (C=O) groups is 1. The highest BCUT2D eigenvalue weighted by Gasteiger charge is 2.23. The van der Waals surface area contributed by atoms with Crippen molar-refractivity contribution in [3.8, 4) is 11.5 Å². The highest BCUT2D eigenvalue weighted by atomic mass is 19.3. The number of hydrogen-bond donors (Lipinski definition) is 0. The Morgan fingerprint density at radius 2 is 1.65 bits per heavy atom. The van der Waals surface area contributed by atoms with Gasteiger partial charge in [-0.05, 0) is 36.4 Å². The van der Waals surface area contributed by atoms with Crippen molar-refractivity contribution in [2.45, 2.75) is 6.61 Å². The van der Waals surface area contributed by atoms with E-state index in [-0.39, 0.29) is 11.7 Å². The van der Waals surface area contributed by atoms with Gasteiger partial charge in [0.05, 0.1) is 12.8 Å². The number of alkyl halides is 2. The van der Waals surface area contributed by atoms with Crippen molar-refractivity contribution in [3.05, 3.63) is 54.1 Å². The Labute approximate surface area is 150 Å². The van der Waals surface area contributed by atoms with Crippen LogP contribution < -0.4 is 14.4 Å². The third-order valence-electron chi connectivity index (χ3n) is 4.32. The average Bonchev–Trinajstić information content (AvgIpc) is 2.67. The van der Waals surface area contributed by atoms with E-state index in [0.717, 1.165) is 11.4 Å². The van der Waals surface area contributed by atoms with Crippen LogP contribution in [0.15, 0.2) is 48.5 Å². The van der Waals surface area contributed by atoms with E-state index in [1.165, 1.54) is 24.3 Å². The van der Waals surface area contributed by atoms with E-state index in [1.54, 1.807) is 12.0 Å². The fourth-order valence-electron chi connectivity index (χ4n) is 3.00. The molecule has 1 fully saturated rings. The second-order valence-electron chi connectivity index (χ2n) is 5.85. The summed E-state index contributed by atoms with van der Waals surface area (Å²) in [6.07, 6.45) is 0. The molecule has 7 heteroatoms. The molecule has 2 aromatic rings. The monoisotopic (exact) mass is 362 g/mol. The van der Waals surface area contributed by atoms with Gasteiger partial charge in [-0.2, -0.15) is 8.78 Å². The zero-order chi connectivity index (χ0) is 18.5. The highest BCUT2D eigenvalue weighted by Crippen LogP contribution is 2.28. The van der Waals surface area contributed by atoms with E-state index in [1.807, 2.05) is 24.3 Å². The smallest absolute Gasteiger partial charge is 0.387 e. The van der Waals surface area contributed by atoms with Crippen LogP contribution in [0.3, 0.4) is 0 Å². The maximum absolute atomic E-state index is 12.6. The van der Waals surface area contributed by atoms with Crippen molar-refractivity contribution >= 4 is 11.6 Å². The summed E-state index contributed by atoms with van der Waals surface area (Å²) >= 11 is 0. The predicted octanol–water partition coefficient (Wildman–Crippen LogP) is 3.26. The number of benzene rings is 2. The first-order valence-electron chi connectivity index (χ1n) is 8.30. The lowest BCUT2D eigenvalue weighted by Crippen LogP contribution is -2.48. The first-order valence-corrected chi connectivity index (χ1v) is 8.30. The first-order chi connectivity index (χ1) is 12.6. The first kappa shape index (κ1) is 18.0. The number of hydrogen-bond acceptors (Lipinski definition) is 4. The Kier molecular flexibility index (Phi) is 5.55. The second kappa shape index (κ2) is 8.03. The minimum Gasteiger partial charge on any atom is -0.495 e. The van der Waals surface area contributed by atoms with Crippen molar-refractivity contribution in [1.29, 1.82) is 0 Å². The minimum atomic E-state index is -2.88. The summed E-state index contributed by atoms with van der Waals surface area (Å²) in [6.45, 7) is -0.338. The van der Waals surface area contributed by atoms with Gasteiger partial charge < -0.3 is 19.3 Å². The highest BCUT2D eigenvalue weighted by molar-refractivity contribution is 5.94. The van der Waals surface area contributed by atoms with Crippen LogP contribution in [0.5, 0.6) is 11.5 Å². The zero-order valence-electron chi connectivity index (χ0n) is 14.4. The quantitative estimate of drug-likeness (QED) is 0.819. The molecule has 0 saturated carbocycles. The number of ether oxygens (including phenoxy) is 2. The molecule has 0 N–H and O–H groups in total. The van der Waals surface area contributed by atoms with Gasteiger partial charge in [-0.3, -0.25) is 4.79 Å². The molecule has 0 atom stereocenters. The van der Waals surface area contributed by atoms with E-state index >= 15 is 0 Å². The van der Waals surface area contributed by atoms with E-state index in [2.05, 4.69) is 9.64 Å². The Balaban J connectivity index is 1.61. The molecule has 0 radical (unpaired) electrons. The average molecular weight is 362 g/mol. The normalized spacial score (nSPS) is 14.5. The third kappa shape index (κ3) is 4.04. The Bertz CT molecular complexity index is 745. The van der Waals surface area contributed by atoms with Crippen molar-refractivity contribution in [3.63, 3.8) is 0 Å². The molecule has 0 aromatic heterocycles. The van der Waals surface area contributed by atoms with Crippen LogP contribution in [-0.2, 0) is 0 Å². The van der Waals surface area contributed by atoms with Gasteiger partial charge in [0.1, 0.15) is 11.5 Å². The molecule has 1 heterocycles. The lowest BCUT2D eigenvalue weighted by atomic mass is 10.1. The van der Waals surface area contributed by atoms with E-state index < -0.39 is 6.61 Å². The summed E-state index contributed by atoms with van der Waals surface area (Å²) in [5, 5.41) is 0. The number of anilines is 1. The molecule has 0 bridgehead atoms. The fraction of sp³-hybridized carbons (Fsp3) is 0.316. The number of halogens is 2. The van der Waals surface area contributed by atoms with Gasteiger partial charge in [0, 0.05) is 31.7 Å². The van der Waals surface area contributed by atoms with Crippen LogP contribution in [0.4, 0.5) is 14.5 Å². The molecule has 138 valence electrons. The van der Waals surface area contributed by atoms with Crippen molar-refractivity contribution in [2.24, 2.45) is 0 Å². The summed E-state index contributed by atoms with van der Waals surface area (Å²) in [5.41, 5.74) is 1.47. The maximum Gasteiger partial charge on any atom is 0.387 e. The molecule has 1 amide bonds. The molecular formula is C19H20F2N2O3. The molecule has 26 heavy (non-hydrogen) atoms. The molecular weight excluding hydrogens is 342 g/mol. The standard InChI is InChI=1S/C19H20F2N2O3/c1-25-17-5-3-2-4-16(17)22-10-12-23(13-11-22)18(24)14-6-8-15(9-7-14)26-19(20)21/h2-9,19H,10-13H2,1H3. The number of amides is 1. The van der Waals surface area contributed by atoms with Crippen LogP contribution in [-0.4, -0.2) is 50.7 Å². The largest absolute Gasteiger partial charge is 0.495 e. The van der Waals surface area contributed by atoms with Gasteiger partial charge in [-0.1, -0.05) is 12.1 Å².